The standard InChI is InChI=1S/C18H22F2N2O/c19-15-3-1-2-12(16(15)20)13-10-14(13)17(23)22-8-5-18(6-9-22)4-7-21-11-18/h1-3,13-14,21H,4-11H2. The van der Waals surface area contributed by atoms with Crippen molar-refractivity contribution in [1.29, 1.82) is 0 Å². The second-order valence-corrected chi connectivity index (χ2v) is 7.34. The molecule has 3 aliphatic rings. The SMILES string of the molecule is O=C(C1CC1c1cccc(F)c1F)N1CCC2(CCNC2)CC1. The molecule has 1 saturated carbocycles. The maximum atomic E-state index is 13.9. The molecule has 0 aromatic heterocycles. The van der Waals surface area contributed by atoms with Crippen LogP contribution in [0.25, 0.3) is 0 Å². The second kappa shape index (κ2) is 5.55. The summed E-state index contributed by atoms with van der Waals surface area (Å²) in [7, 11) is 0. The molecule has 4 rings (SSSR count). The van der Waals surface area contributed by atoms with Crippen LogP contribution >= 0.6 is 0 Å². The molecule has 1 spiro atoms. The minimum absolute atomic E-state index is 0.125. The summed E-state index contributed by atoms with van der Waals surface area (Å²) in [6.45, 7) is 3.75. The highest BCUT2D eigenvalue weighted by Crippen LogP contribution is 2.50. The predicted octanol–water partition coefficient (Wildman–Crippen LogP) is 2.67. The molecule has 1 amide bonds. The Morgan fingerprint density at radius 2 is 2.00 bits per heavy atom. The number of likely N-dealkylation sites (tertiary alicyclic amines) is 1. The zero-order valence-electron chi connectivity index (χ0n) is 13.2. The number of hydrogen-bond acceptors (Lipinski definition) is 2. The maximum Gasteiger partial charge on any atom is 0.226 e. The lowest BCUT2D eigenvalue weighted by atomic mass is 9.78. The Balaban J connectivity index is 1.39. The van der Waals surface area contributed by atoms with E-state index in [2.05, 4.69) is 5.32 Å². The number of nitrogens with one attached hydrogen (secondary N) is 1. The lowest BCUT2D eigenvalue weighted by Crippen LogP contribution is -2.44. The van der Waals surface area contributed by atoms with Crippen molar-refractivity contribution in [3.05, 3.63) is 35.4 Å². The Labute approximate surface area is 135 Å². The highest BCUT2D eigenvalue weighted by atomic mass is 19.2. The molecule has 2 unspecified atom stereocenters. The average molecular weight is 320 g/mol. The van der Waals surface area contributed by atoms with Crippen LogP contribution in [-0.2, 0) is 4.79 Å². The van der Waals surface area contributed by atoms with Gasteiger partial charge in [0.15, 0.2) is 11.6 Å². The normalized spacial score (nSPS) is 29.0. The minimum atomic E-state index is -0.825. The first-order chi connectivity index (χ1) is 11.1. The quantitative estimate of drug-likeness (QED) is 0.909. The van der Waals surface area contributed by atoms with Crippen molar-refractivity contribution < 1.29 is 13.6 Å². The lowest BCUT2D eigenvalue weighted by molar-refractivity contribution is -0.134. The molecule has 0 radical (unpaired) electrons. The molecule has 1 aromatic rings. The molecule has 2 atom stereocenters. The van der Waals surface area contributed by atoms with Crippen molar-refractivity contribution >= 4 is 5.91 Å². The number of hydrogen-bond donors (Lipinski definition) is 1. The van der Waals surface area contributed by atoms with E-state index >= 15 is 0 Å². The van der Waals surface area contributed by atoms with Gasteiger partial charge in [-0.2, -0.15) is 0 Å². The van der Waals surface area contributed by atoms with E-state index in [1.807, 2.05) is 4.90 Å². The molecule has 1 aromatic carbocycles. The number of nitrogens with zero attached hydrogens (tertiary/aromatic N) is 1. The molecule has 2 aliphatic heterocycles. The van der Waals surface area contributed by atoms with Crippen LogP contribution in [0.5, 0.6) is 0 Å². The van der Waals surface area contributed by atoms with Crippen LogP contribution < -0.4 is 5.32 Å². The monoisotopic (exact) mass is 320 g/mol. The molecule has 3 fully saturated rings. The van der Waals surface area contributed by atoms with Crippen molar-refractivity contribution in [2.24, 2.45) is 11.3 Å². The summed E-state index contributed by atoms with van der Waals surface area (Å²) in [5.41, 5.74) is 0.742. The van der Waals surface area contributed by atoms with Crippen LogP contribution in [0, 0.1) is 23.0 Å². The number of amides is 1. The fraction of sp³-hybridized carbons (Fsp3) is 0.611. The summed E-state index contributed by atoms with van der Waals surface area (Å²) >= 11 is 0. The van der Waals surface area contributed by atoms with Crippen LogP contribution in [0.1, 0.15) is 37.2 Å². The summed E-state index contributed by atoms with van der Waals surface area (Å²) in [6.07, 6.45) is 3.95. The number of benzene rings is 1. The van der Waals surface area contributed by atoms with Crippen LogP contribution in [0.3, 0.4) is 0 Å². The zero-order chi connectivity index (χ0) is 16.0. The Morgan fingerprint density at radius 1 is 1.22 bits per heavy atom. The van der Waals surface area contributed by atoms with Gasteiger partial charge in [0.1, 0.15) is 0 Å². The first-order valence-corrected chi connectivity index (χ1v) is 8.53. The van der Waals surface area contributed by atoms with Crippen LogP contribution in [0.2, 0.25) is 0 Å². The van der Waals surface area contributed by atoms with E-state index in [0.29, 0.717) is 17.4 Å². The third-order valence-electron chi connectivity index (χ3n) is 5.96. The van der Waals surface area contributed by atoms with Gasteiger partial charge in [-0.25, -0.2) is 8.78 Å². The van der Waals surface area contributed by atoms with Crippen molar-refractivity contribution in [3.8, 4) is 0 Å². The van der Waals surface area contributed by atoms with Gasteiger partial charge in [0.05, 0.1) is 0 Å². The van der Waals surface area contributed by atoms with Gasteiger partial charge < -0.3 is 10.2 Å². The van der Waals surface area contributed by atoms with Gasteiger partial charge in [-0.15, -0.1) is 0 Å². The molecule has 2 heterocycles. The fourth-order valence-corrected chi connectivity index (χ4v) is 4.28. The molecule has 1 N–H and O–H groups in total. The number of halogens is 2. The first-order valence-electron chi connectivity index (χ1n) is 8.53. The highest BCUT2D eigenvalue weighted by Gasteiger charge is 2.48. The van der Waals surface area contributed by atoms with Crippen molar-refractivity contribution in [2.75, 3.05) is 26.2 Å². The van der Waals surface area contributed by atoms with Crippen LogP contribution in [0.4, 0.5) is 8.78 Å². The number of carbonyl (C=O) groups is 1. The van der Waals surface area contributed by atoms with E-state index in [9.17, 15) is 13.6 Å². The summed E-state index contributed by atoms with van der Waals surface area (Å²) in [5, 5.41) is 3.42. The topological polar surface area (TPSA) is 32.3 Å². The molecule has 3 nitrogen and oxygen atoms in total. The highest BCUT2D eigenvalue weighted by molar-refractivity contribution is 5.83. The van der Waals surface area contributed by atoms with Gasteiger partial charge in [0, 0.05) is 25.6 Å². The minimum Gasteiger partial charge on any atom is -0.342 e. The number of carbonyl (C=O) groups excluding carboxylic acids is 1. The molecule has 5 heteroatoms. The number of piperidine rings is 1. The Hall–Kier alpha value is -1.49. The van der Waals surface area contributed by atoms with Crippen molar-refractivity contribution in [1.82, 2.24) is 10.2 Å². The van der Waals surface area contributed by atoms with E-state index in [4.69, 9.17) is 0 Å². The van der Waals surface area contributed by atoms with E-state index in [-0.39, 0.29) is 17.7 Å². The van der Waals surface area contributed by atoms with E-state index in [1.54, 1.807) is 6.07 Å². The second-order valence-electron chi connectivity index (χ2n) is 7.34. The number of rotatable bonds is 2. The molecule has 2 saturated heterocycles. The van der Waals surface area contributed by atoms with Gasteiger partial charge in [-0.1, -0.05) is 12.1 Å². The predicted molar refractivity (Wildman–Crippen MR) is 82.9 cm³/mol. The molecular formula is C18H22F2N2O. The maximum absolute atomic E-state index is 13.9. The Bertz CT molecular complexity index is 617. The van der Waals surface area contributed by atoms with E-state index < -0.39 is 11.6 Å². The zero-order valence-corrected chi connectivity index (χ0v) is 13.2. The van der Waals surface area contributed by atoms with Gasteiger partial charge in [-0.3, -0.25) is 4.79 Å². The summed E-state index contributed by atoms with van der Waals surface area (Å²) < 4.78 is 27.2. The van der Waals surface area contributed by atoms with Gasteiger partial charge in [0.2, 0.25) is 5.91 Å². The Morgan fingerprint density at radius 3 is 2.70 bits per heavy atom. The fourth-order valence-electron chi connectivity index (χ4n) is 4.28. The third kappa shape index (κ3) is 2.65. The molecule has 23 heavy (non-hydrogen) atoms. The Kier molecular flexibility index (Phi) is 3.63. The average Bonchev–Trinajstić information content (AvgIpc) is 3.23. The summed E-state index contributed by atoms with van der Waals surface area (Å²) in [5.74, 6) is -1.81. The van der Waals surface area contributed by atoms with Crippen LogP contribution in [-0.4, -0.2) is 37.0 Å². The first kappa shape index (κ1) is 15.1. The third-order valence-corrected chi connectivity index (χ3v) is 5.96. The van der Waals surface area contributed by atoms with Gasteiger partial charge in [-0.05, 0) is 55.2 Å². The van der Waals surface area contributed by atoms with Crippen molar-refractivity contribution in [3.63, 3.8) is 0 Å². The molecular weight excluding hydrogens is 298 g/mol. The van der Waals surface area contributed by atoms with Gasteiger partial charge >= 0.3 is 0 Å². The molecule has 0 bridgehead atoms. The largest absolute Gasteiger partial charge is 0.342 e. The van der Waals surface area contributed by atoms with E-state index in [0.717, 1.165) is 45.1 Å². The summed E-state index contributed by atoms with van der Waals surface area (Å²) in [6, 6.07) is 4.24. The van der Waals surface area contributed by atoms with Gasteiger partial charge in [0.25, 0.3) is 0 Å². The molecule has 1 aliphatic carbocycles. The van der Waals surface area contributed by atoms with Crippen LogP contribution in [0.15, 0.2) is 18.2 Å². The smallest absolute Gasteiger partial charge is 0.226 e. The van der Waals surface area contributed by atoms with Crippen molar-refractivity contribution in [2.45, 2.75) is 31.6 Å². The summed E-state index contributed by atoms with van der Waals surface area (Å²) in [4.78, 5) is 14.6. The lowest BCUT2D eigenvalue weighted by Gasteiger charge is -2.39. The van der Waals surface area contributed by atoms with E-state index in [1.165, 1.54) is 12.5 Å². The molecule has 124 valence electrons.